The number of fused-ring (bicyclic) bond motifs is 1. The quantitative estimate of drug-likeness (QED) is 0.625. The van der Waals surface area contributed by atoms with Gasteiger partial charge in [0.25, 0.3) is 0 Å². The van der Waals surface area contributed by atoms with E-state index in [2.05, 4.69) is 5.32 Å². The van der Waals surface area contributed by atoms with Crippen molar-refractivity contribution in [3.63, 3.8) is 0 Å². The van der Waals surface area contributed by atoms with E-state index in [0.29, 0.717) is 0 Å². The van der Waals surface area contributed by atoms with E-state index in [1.807, 2.05) is 42.5 Å². The molecule has 5 unspecified atom stereocenters. The molecule has 4 aliphatic rings. The predicted octanol–water partition coefficient (Wildman–Crippen LogP) is 1.25. The highest BCUT2D eigenvalue weighted by Crippen LogP contribution is 2.51. The lowest BCUT2D eigenvalue weighted by Gasteiger charge is -2.51. The van der Waals surface area contributed by atoms with Crippen LogP contribution in [0.4, 0.5) is 4.79 Å². The molecule has 2 saturated heterocycles. The Bertz CT molecular complexity index is 715. The van der Waals surface area contributed by atoms with Crippen LogP contribution in [0.25, 0.3) is 0 Å². The van der Waals surface area contributed by atoms with Crippen LogP contribution < -0.4 is 5.32 Å². The highest BCUT2D eigenvalue weighted by molar-refractivity contribution is 6.06. The average molecular weight is 312 g/mol. The molecule has 1 aromatic rings. The van der Waals surface area contributed by atoms with Gasteiger partial charge in [-0.25, -0.2) is 4.79 Å². The van der Waals surface area contributed by atoms with Gasteiger partial charge in [0.05, 0.1) is 31.0 Å². The molecule has 6 nitrogen and oxygen atoms in total. The van der Waals surface area contributed by atoms with Crippen LogP contribution in [0.3, 0.4) is 0 Å². The highest BCUT2D eigenvalue weighted by Gasteiger charge is 2.60. The summed E-state index contributed by atoms with van der Waals surface area (Å²) in [5, 5.41) is 2.41. The molecule has 0 aromatic heterocycles. The summed E-state index contributed by atoms with van der Waals surface area (Å²) in [5.74, 6) is -1.75. The maximum absolute atomic E-state index is 12.4. The number of carbonyl (C=O) groups excluding carboxylic acids is 3. The second-order valence-electron chi connectivity index (χ2n) is 6.09. The van der Waals surface area contributed by atoms with E-state index < -0.39 is 24.0 Å². The van der Waals surface area contributed by atoms with Crippen molar-refractivity contribution < 1.29 is 19.1 Å². The third-order valence-corrected chi connectivity index (χ3v) is 5.06. The number of carbonyl (C=O) groups is 3. The summed E-state index contributed by atoms with van der Waals surface area (Å²) in [4.78, 5) is 38.4. The van der Waals surface area contributed by atoms with Crippen molar-refractivity contribution in [2.24, 2.45) is 17.8 Å². The topological polar surface area (TPSA) is 75.7 Å². The number of nitrogens with zero attached hydrogens (tertiary/aromatic N) is 1. The van der Waals surface area contributed by atoms with E-state index in [-0.39, 0.29) is 23.8 Å². The number of amides is 3. The number of ether oxygens (including phenoxy) is 1. The molecule has 0 spiro atoms. The zero-order valence-electron chi connectivity index (χ0n) is 12.5. The van der Waals surface area contributed by atoms with Crippen molar-refractivity contribution >= 4 is 17.9 Å². The molecule has 0 radical (unpaired) electrons. The van der Waals surface area contributed by atoms with Crippen LogP contribution in [-0.2, 0) is 14.3 Å². The van der Waals surface area contributed by atoms with Gasteiger partial charge in [0.2, 0.25) is 11.8 Å². The summed E-state index contributed by atoms with van der Waals surface area (Å²) in [6.07, 6.45) is 3.32. The first-order chi connectivity index (χ1) is 11.1. The van der Waals surface area contributed by atoms with Crippen molar-refractivity contribution in [3.05, 3.63) is 48.0 Å². The molecule has 1 N–H and O–H groups in total. The molecule has 118 valence electrons. The molecule has 1 aromatic carbocycles. The van der Waals surface area contributed by atoms with Gasteiger partial charge in [-0.2, -0.15) is 0 Å². The van der Waals surface area contributed by atoms with Gasteiger partial charge in [-0.05, 0) is 5.56 Å². The Hall–Kier alpha value is -2.63. The normalized spacial score (nSPS) is 34.3. The van der Waals surface area contributed by atoms with Crippen LogP contribution in [0.2, 0.25) is 0 Å². The van der Waals surface area contributed by atoms with Crippen LogP contribution in [0, 0.1) is 17.8 Å². The Kier molecular flexibility index (Phi) is 3.01. The molecule has 5 atom stereocenters. The Morgan fingerprint density at radius 3 is 2.48 bits per heavy atom. The van der Waals surface area contributed by atoms with E-state index in [9.17, 15) is 14.4 Å². The van der Waals surface area contributed by atoms with Gasteiger partial charge in [-0.15, -0.1) is 0 Å². The maximum atomic E-state index is 12.4. The fourth-order valence-corrected chi connectivity index (χ4v) is 4.19. The number of hydrogen-bond acceptors (Lipinski definition) is 4. The molecule has 3 heterocycles. The number of hydrogen-bond donors (Lipinski definition) is 1. The van der Waals surface area contributed by atoms with Crippen molar-refractivity contribution in [3.8, 4) is 0 Å². The number of piperidine rings is 1. The van der Waals surface area contributed by atoms with E-state index >= 15 is 0 Å². The van der Waals surface area contributed by atoms with Gasteiger partial charge < -0.3 is 4.74 Å². The molecular formula is C17H16N2O4. The van der Waals surface area contributed by atoms with Gasteiger partial charge in [-0.3, -0.25) is 19.8 Å². The molecule has 3 aliphatic heterocycles. The van der Waals surface area contributed by atoms with E-state index in [4.69, 9.17) is 4.74 Å². The summed E-state index contributed by atoms with van der Waals surface area (Å²) in [5.41, 5.74) is 0.933. The van der Waals surface area contributed by atoms with Crippen molar-refractivity contribution in [2.45, 2.75) is 12.1 Å². The minimum Gasteiger partial charge on any atom is -0.453 e. The second-order valence-corrected chi connectivity index (χ2v) is 6.09. The Balaban J connectivity index is 1.85. The number of nitrogens with one attached hydrogen (secondary N) is 1. The lowest BCUT2D eigenvalue weighted by Crippen LogP contribution is -2.59. The van der Waals surface area contributed by atoms with Crippen LogP contribution in [0.15, 0.2) is 42.5 Å². The Morgan fingerprint density at radius 2 is 1.78 bits per heavy atom. The molecule has 23 heavy (non-hydrogen) atoms. The Morgan fingerprint density at radius 1 is 1.09 bits per heavy atom. The molecule has 1 aliphatic carbocycles. The van der Waals surface area contributed by atoms with Gasteiger partial charge in [0, 0.05) is 5.92 Å². The Labute approximate surface area is 133 Å². The minimum absolute atomic E-state index is 0.238. The first-order valence-electron chi connectivity index (χ1n) is 7.57. The SMILES string of the molecule is COC(=O)N1C2C=CC(C3C(=O)NC(=O)C32)C1c1ccccc1. The monoisotopic (exact) mass is 312 g/mol. The molecule has 3 amide bonds. The smallest absolute Gasteiger partial charge is 0.410 e. The zero-order valence-corrected chi connectivity index (χ0v) is 12.5. The molecule has 0 saturated carbocycles. The number of rotatable bonds is 1. The lowest BCUT2D eigenvalue weighted by atomic mass is 9.65. The third-order valence-electron chi connectivity index (χ3n) is 5.06. The van der Waals surface area contributed by atoms with Crippen LogP contribution in [0.5, 0.6) is 0 Å². The fraction of sp³-hybridized carbons (Fsp3) is 0.353. The second kappa shape index (κ2) is 4.94. The summed E-state index contributed by atoms with van der Waals surface area (Å²) in [6.45, 7) is 0. The van der Waals surface area contributed by atoms with Crippen LogP contribution >= 0.6 is 0 Å². The third kappa shape index (κ3) is 1.84. The van der Waals surface area contributed by atoms with Gasteiger partial charge in [-0.1, -0.05) is 42.5 Å². The van der Waals surface area contributed by atoms with Crippen molar-refractivity contribution in [1.82, 2.24) is 10.2 Å². The van der Waals surface area contributed by atoms with Crippen LogP contribution in [0.1, 0.15) is 11.6 Å². The van der Waals surface area contributed by atoms with Gasteiger partial charge >= 0.3 is 6.09 Å². The lowest BCUT2D eigenvalue weighted by molar-refractivity contribution is -0.128. The standard InChI is InChI=1S/C17H16N2O4/c1-23-17(22)19-11-8-7-10(12-13(11)16(21)18-15(12)20)14(19)9-5-3-2-4-6-9/h2-8,10-14H,1H3,(H,18,20,21). The maximum Gasteiger partial charge on any atom is 0.410 e. The number of imide groups is 1. The molecule has 6 heteroatoms. The van der Waals surface area contributed by atoms with Crippen molar-refractivity contribution in [1.29, 1.82) is 0 Å². The highest BCUT2D eigenvalue weighted by atomic mass is 16.5. The fourth-order valence-electron chi connectivity index (χ4n) is 4.19. The molecular weight excluding hydrogens is 296 g/mol. The van der Waals surface area contributed by atoms with E-state index in [1.54, 1.807) is 4.90 Å². The number of methoxy groups -OCH3 is 1. The largest absolute Gasteiger partial charge is 0.453 e. The van der Waals surface area contributed by atoms with E-state index in [0.717, 1.165) is 5.56 Å². The van der Waals surface area contributed by atoms with E-state index in [1.165, 1.54) is 7.11 Å². The average Bonchev–Trinajstić information content (AvgIpc) is 2.91. The molecule has 2 bridgehead atoms. The summed E-state index contributed by atoms with van der Waals surface area (Å²) in [7, 11) is 1.33. The first kappa shape index (κ1) is 14.0. The summed E-state index contributed by atoms with van der Waals surface area (Å²) < 4.78 is 4.94. The zero-order chi connectivity index (χ0) is 16.1. The minimum atomic E-state index is -0.531. The van der Waals surface area contributed by atoms with Crippen molar-refractivity contribution in [2.75, 3.05) is 7.11 Å². The summed E-state index contributed by atoms with van der Waals surface area (Å²) in [6, 6.07) is 8.78. The first-order valence-corrected chi connectivity index (χ1v) is 7.57. The molecule has 5 rings (SSSR count). The van der Waals surface area contributed by atoms with Gasteiger partial charge in [0.15, 0.2) is 0 Å². The van der Waals surface area contributed by atoms with Crippen LogP contribution in [-0.4, -0.2) is 36.0 Å². The summed E-state index contributed by atoms with van der Waals surface area (Å²) >= 11 is 0. The predicted molar refractivity (Wildman–Crippen MR) is 80.0 cm³/mol. The van der Waals surface area contributed by atoms with Gasteiger partial charge in [0.1, 0.15) is 0 Å². The molecule has 2 fully saturated rings. The number of benzene rings is 1.